The quantitative estimate of drug-likeness (QED) is 0.230. The standard InChI is InChI=1S/C25H21BrINO5/c1-2-32-22-14-17(12-20(26)23(22)33-15-16-7-6-10-19(27)11-16)13-21(25(30)31)28-24(29)18-8-4-3-5-9-18/h3-14H,2,15H2,1H3,(H,28,29)(H,30,31). The van der Waals surface area contributed by atoms with E-state index in [9.17, 15) is 14.7 Å². The molecule has 0 aromatic heterocycles. The predicted molar refractivity (Wildman–Crippen MR) is 138 cm³/mol. The Bertz CT molecular complexity index is 1180. The number of benzene rings is 3. The van der Waals surface area contributed by atoms with Gasteiger partial charge in [0.05, 0.1) is 11.1 Å². The van der Waals surface area contributed by atoms with Gasteiger partial charge in [-0.15, -0.1) is 0 Å². The third-order valence-corrected chi connectivity index (χ3v) is 5.69. The van der Waals surface area contributed by atoms with E-state index in [4.69, 9.17) is 9.47 Å². The Morgan fingerprint density at radius 2 is 1.82 bits per heavy atom. The first kappa shape index (κ1) is 24.8. The number of nitrogens with one attached hydrogen (secondary N) is 1. The maximum absolute atomic E-state index is 12.4. The van der Waals surface area contributed by atoms with Crippen molar-refractivity contribution in [2.75, 3.05) is 6.61 Å². The highest BCUT2D eigenvalue weighted by atomic mass is 127. The number of carboxylic acids is 1. The van der Waals surface area contributed by atoms with E-state index >= 15 is 0 Å². The molecule has 0 radical (unpaired) electrons. The second kappa shape index (κ2) is 11.9. The molecule has 170 valence electrons. The third-order valence-electron chi connectivity index (χ3n) is 4.43. The summed E-state index contributed by atoms with van der Waals surface area (Å²) in [5.41, 5.74) is 1.64. The van der Waals surface area contributed by atoms with Crippen molar-refractivity contribution in [3.63, 3.8) is 0 Å². The molecule has 3 aromatic carbocycles. The lowest BCUT2D eigenvalue weighted by atomic mass is 10.1. The zero-order valence-electron chi connectivity index (χ0n) is 17.7. The largest absolute Gasteiger partial charge is 0.490 e. The van der Waals surface area contributed by atoms with Gasteiger partial charge in [0.25, 0.3) is 5.91 Å². The average Bonchev–Trinajstić information content (AvgIpc) is 2.79. The first-order valence-corrected chi connectivity index (χ1v) is 11.9. The molecule has 0 fully saturated rings. The Morgan fingerprint density at radius 3 is 2.48 bits per heavy atom. The zero-order chi connectivity index (χ0) is 23.8. The monoisotopic (exact) mass is 621 g/mol. The van der Waals surface area contributed by atoms with Crippen LogP contribution in [0.4, 0.5) is 0 Å². The number of hydrogen-bond acceptors (Lipinski definition) is 4. The van der Waals surface area contributed by atoms with Gasteiger partial charge in [-0.1, -0.05) is 30.3 Å². The second-order valence-corrected chi connectivity index (χ2v) is 8.96. The van der Waals surface area contributed by atoms with Crippen LogP contribution in [0.2, 0.25) is 0 Å². The van der Waals surface area contributed by atoms with Crippen LogP contribution in [0.3, 0.4) is 0 Å². The lowest BCUT2D eigenvalue weighted by Gasteiger charge is -2.15. The van der Waals surface area contributed by atoms with E-state index in [-0.39, 0.29) is 5.70 Å². The Morgan fingerprint density at radius 1 is 1.06 bits per heavy atom. The van der Waals surface area contributed by atoms with Gasteiger partial charge >= 0.3 is 5.97 Å². The number of rotatable bonds is 9. The van der Waals surface area contributed by atoms with Crippen LogP contribution >= 0.6 is 38.5 Å². The minimum atomic E-state index is -1.26. The SMILES string of the molecule is CCOc1cc(C=C(NC(=O)c2ccccc2)C(=O)O)cc(Br)c1OCc1cccc(I)c1. The third kappa shape index (κ3) is 7.06. The van der Waals surface area contributed by atoms with Crippen molar-refractivity contribution in [3.05, 3.63) is 97.2 Å². The van der Waals surface area contributed by atoms with Gasteiger partial charge in [0, 0.05) is 9.13 Å². The first-order valence-electron chi connectivity index (χ1n) is 10.0. The van der Waals surface area contributed by atoms with Gasteiger partial charge in [0.1, 0.15) is 12.3 Å². The molecule has 3 rings (SSSR count). The fourth-order valence-electron chi connectivity index (χ4n) is 2.96. The number of amides is 1. The molecule has 1 amide bonds. The van der Waals surface area contributed by atoms with E-state index < -0.39 is 11.9 Å². The van der Waals surface area contributed by atoms with E-state index in [2.05, 4.69) is 43.8 Å². The van der Waals surface area contributed by atoms with Gasteiger partial charge in [0.2, 0.25) is 0 Å². The molecular formula is C25H21BrINO5. The van der Waals surface area contributed by atoms with Gasteiger partial charge in [0.15, 0.2) is 11.5 Å². The van der Waals surface area contributed by atoms with Crippen molar-refractivity contribution >= 4 is 56.5 Å². The summed E-state index contributed by atoms with van der Waals surface area (Å²) in [4.78, 5) is 24.2. The molecule has 0 aliphatic carbocycles. The molecule has 0 aliphatic rings. The Hall–Kier alpha value is -2.85. The molecule has 33 heavy (non-hydrogen) atoms. The lowest BCUT2D eigenvalue weighted by molar-refractivity contribution is -0.132. The number of ether oxygens (including phenoxy) is 2. The van der Waals surface area contributed by atoms with Crippen LogP contribution in [0.15, 0.2) is 76.9 Å². The normalized spacial score (nSPS) is 11.1. The van der Waals surface area contributed by atoms with Crippen LogP contribution in [0, 0.1) is 3.57 Å². The molecule has 0 aliphatic heterocycles. The lowest BCUT2D eigenvalue weighted by Crippen LogP contribution is -2.27. The van der Waals surface area contributed by atoms with Gasteiger partial charge in [-0.25, -0.2) is 4.79 Å². The summed E-state index contributed by atoms with van der Waals surface area (Å²) in [6, 6.07) is 19.8. The molecule has 0 unspecified atom stereocenters. The Kier molecular flexibility index (Phi) is 8.90. The number of aliphatic carboxylic acids is 1. The number of carbonyl (C=O) groups is 2. The Balaban J connectivity index is 1.87. The molecule has 0 saturated heterocycles. The highest BCUT2D eigenvalue weighted by Gasteiger charge is 2.16. The summed E-state index contributed by atoms with van der Waals surface area (Å²) >= 11 is 5.75. The Labute approximate surface area is 213 Å². The summed E-state index contributed by atoms with van der Waals surface area (Å²) in [6.45, 7) is 2.59. The molecular weight excluding hydrogens is 601 g/mol. The van der Waals surface area contributed by atoms with E-state index in [1.54, 1.807) is 42.5 Å². The van der Waals surface area contributed by atoms with Gasteiger partial charge in [-0.05, 0) is 99.0 Å². The van der Waals surface area contributed by atoms with Crippen molar-refractivity contribution < 1.29 is 24.2 Å². The number of carboxylic acid groups (broad SMARTS) is 1. The smallest absolute Gasteiger partial charge is 0.352 e. The van der Waals surface area contributed by atoms with Gasteiger partial charge < -0.3 is 19.9 Å². The molecule has 2 N–H and O–H groups in total. The highest BCUT2D eigenvalue weighted by molar-refractivity contribution is 14.1. The van der Waals surface area contributed by atoms with Gasteiger partial charge in [-0.3, -0.25) is 4.79 Å². The van der Waals surface area contributed by atoms with Crippen molar-refractivity contribution in [1.29, 1.82) is 0 Å². The molecule has 3 aromatic rings. The van der Waals surface area contributed by atoms with Crippen LogP contribution in [0.25, 0.3) is 6.08 Å². The fraction of sp³-hybridized carbons (Fsp3) is 0.120. The van der Waals surface area contributed by atoms with E-state index in [0.717, 1.165) is 9.13 Å². The average molecular weight is 622 g/mol. The van der Waals surface area contributed by atoms with Crippen LogP contribution < -0.4 is 14.8 Å². The maximum atomic E-state index is 12.4. The van der Waals surface area contributed by atoms with E-state index in [1.807, 2.05) is 31.2 Å². The van der Waals surface area contributed by atoms with Crippen molar-refractivity contribution in [1.82, 2.24) is 5.32 Å². The second-order valence-electron chi connectivity index (χ2n) is 6.86. The molecule has 0 spiro atoms. The van der Waals surface area contributed by atoms with Crippen LogP contribution in [-0.2, 0) is 11.4 Å². The highest BCUT2D eigenvalue weighted by Crippen LogP contribution is 2.38. The predicted octanol–water partition coefficient (Wildman–Crippen LogP) is 5.89. The molecule has 8 heteroatoms. The molecule has 0 bridgehead atoms. The minimum Gasteiger partial charge on any atom is -0.490 e. The van der Waals surface area contributed by atoms with Crippen molar-refractivity contribution in [3.8, 4) is 11.5 Å². The number of carbonyl (C=O) groups excluding carboxylic acids is 1. The van der Waals surface area contributed by atoms with Crippen molar-refractivity contribution in [2.24, 2.45) is 0 Å². The molecule has 6 nitrogen and oxygen atoms in total. The zero-order valence-corrected chi connectivity index (χ0v) is 21.4. The molecule has 0 saturated carbocycles. The fourth-order valence-corrected chi connectivity index (χ4v) is 4.14. The summed E-state index contributed by atoms with van der Waals surface area (Å²) in [5.74, 6) is -0.793. The van der Waals surface area contributed by atoms with E-state index in [1.165, 1.54) is 6.08 Å². The maximum Gasteiger partial charge on any atom is 0.352 e. The summed E-state index contributed by atoms with van der Waals surface area (Å²) in [7, 11) is 0. The van der Waals surface area contributed by atoms with Crippen LogP contribution in [-0.4, -0.2) is 23.6 Å². The minimum absolute atomic E-state index is 0.259. The summed E-state index contributed by atoms with van der Waals surface area (Å²) in [5, 5.41) is 12.1. The van der Waals surface area contributed by atoms with Crippen LogP contribution in [0.5, 0.6) is 11.5 Å². The van der Waals surface area contributed by atoms with E-state index in [0.29, 0.717) is 40.3 Å². The van der Waals surface area contributed by atoms with Gasteiger partial charge in [-0.2, -0.15) is 0 Å². The van der Waals surface area contributed by atoms with Crippen LogP contribution in [0.1, 0.15) is 28.4 Å². The molecule has 0 heterocycles. The molecule has 0 atom stereocenters. The number of hydrogen-bond donors (Lipinski definition) is 2. The van der Waals surface area contributed by atoms with Crippen molar-refractivity contribution in [2.45, 2.75) is 13.5 Å². The first-order chi connectivity index (χ1) is 15.9. The number of halogens is 2. The summed E-state index contributed by atoms with van der Waals surface area (Å²) in [6.07, 6.45) is 1.37. The summed E-state index contributed by atoms with van der Waals surface area (Å²) < 4.78 is 13.5. The topological polar surface area (TPSA) is 84.9 Å².